The summed E-state index contributed by atoms with van der Waals surface area (Å²) in [5, 5.41) is 5.19. The lowest BCUT2D eigenvalue weighted by molar-refractivity contribution is -0.127. The van der Waals surface area contributed by atoms with Crippen molar-refractivity contribution >= 4 is 12.0 Å². The number of nitrogens with one attached hydrogen (secondary N) is 2. The van der Waals surface area contributed by atoms with Gasteiger partial charge in [0.2, 0.25) is 0 Å². The van der Waals surface area contributed by atoms with Crippen LogP contribution in [0.5, 0.6) is 5.75 Å². The minimum Gasteiger partial charge on any atom is -0.494 e. The van der Waals surface area contributed by atoms with Gasteiger partial charge in [-0.2, -0.15) is 0 Å². The van der Waals surface area contributed by atoms with Crippen LogP contribution in [0.1, 0.15) is 12.5 Å². The summed E-state index contributed by atoms with van der Waals surface area (Å²) in [6.45, 7) is 3.27. The van der Waals surface area contributed by atoms with Crippen LogP contribution in [0, 0.1) is 0 Å². The quantitative estimate of drug-likeness (QED) is 0.809. The zero-order valence-electron chi connectivity index (χ0n) is 11.3. The molecule has 0 saturated carbocycles. The Morgan fingerprint density at radius 3 is 3.10 bits per heavy atom. The molecule has 1 saturated heterocycles. The number of benzene rings is 1. The van der Waals surface area contributed by atoms with Crippen LogP contribution in [-0.4, -0.2) is 37.8 Å². The van der Waals surface area contributed by atoms with Gasteiger partial charge in [-0.15, -0.1) is 0 Å². The van der Waals surface area contributed by atoms with Gasteiger partial charge in [0.1, 0.15) is 5.75 Å². The maximum absolute atomic E-state index is 11.7. The normalized spacial score (nSPS) is 17.2. The van der Waals surface area contributed by atoms with Crippen molar-refractivity contribution in [2.24, 2.45) is 0 Å². The summed E-state index contributed by atoms with van der Waals surface area (Å²) in [5.41, 5.74) is 1.08. The fourth-order valence-corrected chi connectivity index (χ4v) is 1.94. The van der Waals surface area contributed by atoms with E-state index in [-0.39, 0.29) is 12.5 Å². The minimum absolute atomic E-state index is 0.227. The van der Waals surface area contributed by atoms with E-state index in [4.69, 9.17) is 9.47 Å². The van der Waals surface area contributed by atoms with Crippen molar-refractivity contribution in [3.8, 4) is 5.75 Å². The fraction of sp³-hybridized carbons (Fsp3) is 0.429. The van der Waals surface area contributed by atoms with Crippen LogP contribution in [0.2, 0.25) is 0 Å². The van der Waals surface area contributed by atoms with Crippen LogP contribution < -0.4 is 15.4 Å². The van der Waals surface area contributed by atoms with Gasteiger partial charge in [0, 0.05) is 6.54 Å². The Bertz CT molecular complexity index is 490. The number of rotatable bonds is 6. The Hall–Kier alpha value is -2.24. The monoisotopic (exact) mass is 278 g/mol. The molecule has 1 aliphatic rings. The third-order valence-corrected chi connectivity index (χ3v) is 2.90. The van der Waals surface area contributed by atoms with Crippen molar-refractivity contribution in [2.75, 3.05) is 19.7 Å². The van der Waals surface area contributed by atoms with Gasteiger partial charge in [0.05, 0.1) is 13.2 Å². The number of hydrogen-bond acceptors (Lipinski definition) is 4. The zero-order valence-corrected chi connectivity index (χ0v) is 11.3. The first-order chi connectivity index (χ1) is 9.69. The highest BCUT2D eigenvalue weighted by atomic mass is 16.6. The predicted octanol–water partition coefficient (Wildman–Crippen LogP) is 0.852. The van der Waals surface area contributed by atoms with Crippen molar-refractivity contribution in [1.82, 2.24) is 10.6 Å². The number of carbonyl (C=O) groups excluding carboxylic acids is 2. The molecule has 1 aromatic rings. The zero-order chi connectivity index (χ0) is 14.4. The first-order valence-corrected chi connectivity index (χ1v) is 6.63. The third-order valence-electron chi connectivity index (χ3n) is 2.90. The molecule has 1 atom stereocenters. The third kappa shape index (κ3) is 3.88. The van der Waals surface area contributed by atoms with Crippen LogP contribution in [0.3, 0.4) is 0 Å². The van der Waals surface area contributed by atoms with Gasteiger partial charge >= 0.3 is 6.09 Å². The molecule has 0 aromatic heterocycles. The van der Waals surface area contributed by atoms with Crippen LogP contribution in [0.4, 0.5) is 4.79 Å². The minimum atomic E-state index is -0.725. The van der Waals surface area contributed by atoms with E-state index in [9.17, 15) is 9.59 Å². The van der Waals surface area contributed by atoms with Crippen molar-refractivity contribution in [3.05, 3.63) is 29.8 Å². The number of ether oxygens (including phenoxy) is 2. The van der Waals surface area contributed by atoms with Crippen LogP contribution in [0.25, 0.3) is 0 Å². The molecule has 20 heavy (non-hydrogen) atoms. The van der Waals surface area contributed by atoms with Crippen molar-refractivity contribution in [3.63, 3.8) is 0 Å². The average Bonchev–Trinajstić information content (AvgIpc) is 2.86. The highest BCUT2D eigenvalue weighted by molar-refractivity contribution is 5.86. The maximum atomic E-state index is 11.7. The highest BCUT2D eigenvalue weighted by Gasteiger charge is 2.28. The largest absolute Gasteiger partial charge is 0.494 e. The van der Waals surface area contributed by atoms with Gasteiger partial charge in [0.15, 0.2) is 6.10 Å². The Labute approximate surface area is 117 Å². The van der Waals surface area contributed by atoms with Gasteiger partial charge in [-0.1, -0.05) is 12.1 Å². The van der Waals surface area contributed by atoms with Gasteiger partial charge in [-0.3, -0.25) is 4.79 Å². The van der Waals surface area contributed by atoms with E-state index in [0.29, 0.717) is 19.6 Å². The van der Waals surface area contributed by atoms with Crippen molar-refractivity contribution in [2.45, 2.75) is 19.4 Å². The summed E-state index contributed by atoms with van der Waals surface area (Å²) >= 11 is 0. The first kappa shape index (κ1) is 14.2. The molecular weight excluding hydrogens is 260 g/mol. The van der Waals surface area contributed by atoms with Crippen LogP contribution in [0.15, 0.2) is 24.3 Å². The van der Waals surface area contributed by atoms with Crippen LogP contribution >= 0.6 is 0 Å². The SMILES string of the molecule is CCOc1cccc(CCNC(=O)[C@@H]2CNC(=O)O2)c1. The molecule has 0 bridgehead atoms. The second kappa shape index (κ2) is 6.79. The standard InChI is InChI=1S/C14H18N2O4/c1-2-19-11-5-3-4-10(8-11)6-7-15-13(17)12-9-16-14(18)20-12/h3-5,8,12H,2,6-7,9H2,1H3,(H,15,17)(H,16,18)/t12-/m0/s1. The lowest BCUT2D eigenvalue weighted by atomic mass is 10.1. The van der Waals surface area contributed by atoms with E-state index in [2.05, 4.69) is 10.6 Å². The first-order valence-electron chi connectivity index (χ1n) is 6.63. The maximum Gasteiger partial charge on any atom is 0.408 e. The second-order valence-electron chi connectivity index (χ2n) is 4.40. The molecule has 0 spiro atoms. The predicted molar refractivity (Wildman–Crippen MR) is 72.6 cm³/mol. The molecule has 0 radical (unpaired) electrons. The smallest absolute Gasteiger partial charge is 0.408 e. The molecule has 0 aliphatic carbocycles. The van der Waals surface area contributed by atoms with E-state index in [1.807, 2.05) is 31.2 Å². The average molecular weight is 278 g/mol. The Balaban J connectivity index is 1.76. The van der Waals surface area contributed by atoms with Crippen molar-refractivity contribution < 1.29 is 19.1 Å². The molecule has 1 fully saturated rings. The number of hydrogen-bond donors (Lipinski definition) is 2. The Morgan fingerprint density at radius 1 is 1.55 bits per heavy atom. The van der Waals surface area contributed by atoms with Gasteiger partial charge in [0.25, 0.3) is 5.91 Å². The molecule has 0 unspecified atom stereocenters. The summed E-state index contributed by atoms with van der Waals surface area (Å²) in [7, 11) is 0. The number of amides is 2. The Kier molecular flexibility index (Phi) is 4.81. The molecule has 6 heteroatoms. The molecular formula is C14H18N2O4. The van der Waals surface area contributed by atoms with Gasteiger partial charge < -0.3 is 20.1 Å². The summed E-state index contributed by atoms with van der Waals surface area (Å²) in [5.74, 6) is 0.551. The number of cyclic esters (lactones) is 1. The number of carbonyl (C=O) groups is 2. The molecule has 2 amide bonds. The topological polar surface area (TPSA) is 76.7 Å². The van der Waals surface area contributed by atoms with Gasteiger partial charge in [-0.05, 0) is 31.0 Å². The van der Waals surface area contributed by atoms with Crippen LogP contribution in [-0.2, 0) is 16.0 Å². The summed E-state index contributed by atoms with van der Waals surface area (Å²) < 4.78 is 10.2. The highest BCUT2D eigenvalue weighted by Crippen LogP contribution is 2.13. The summed E-state index contributed by atoms with van der Waals surface area (Å²) in [6.07, 6.45) is -0.576. The molecule has 108 valence electrons. The van der Waals surface area contributed by atoms with E-state index in [0.717, 1.165) is 11.3 Å². The second-order valence-corrected chi connectivity index (χ2v) is 4.40. The van der Waals surface area contributed by atoms with E-state index >= 15 is 0 Å². The van der Waals surface area contributed by atoms with Crippen molar-refractivity contribution in [1.29, 1.82) is 0 Å². The lowest BCUT2D eigenvalue weighted by Crippen LogP contribution is -2.37. The van der Waals surface area contributed by atoms with E-state index in [1.54, 1.807) is 0 Å². The van der Waals surface area contributed by atoms with Gasteiger partial charge in [-0.25, -0.2) is 4.79 Å². The molecule has 6 nitrogen and oxygen atoms in total. The number of alkyl carbamates (subject to hydrolysis) is 1. The molecule has 1 heterocycles. The fourth-order valence-electron chi connectivity index (χ4n) is 1.94. The molecule has 2 N–H and O–H groups in total. The van der Waals surface area contributed by atoms with E-state index < -0.39 is 12.2 Å². The molecule has 1 aromatic carbocycles. The summed E-state index contributed by atoms with van der Waals surface area (Å²) in [4.78, 5) is 22.5. The molecule has 2 rings (SSSR count). The van der Waals surface area contributed by atoms with E-state index in [1.165, 1.54) is 0 Å². The molecule has 1 aliphatic heterocycles. The lowest BCUT2D eigenvalue weighted by Gasteiger charge is -2.10. The Morgan fingerprint density at radius 2 is 2.40 bits per heavy atom. The summed E-state index contributed by atoms with van der Waals surface area (Å²) in [6, 6.07) is 7.75.